The lowest BCUT2D eigenvalue weighted by molar-refractivity contribution is 0.138. The molecule has 17 heavy (non-hydrogen) atoms. The van der Waals surface area contributed by atoms with E-state index in [0.717, 1.165) is 13.1 Å². The zero-order valence-corrected chi connectivity index (χ0v) is 11.2. The lowest BCUT2D eigenvalue weighted by atomic mass is 10.0. The second-order valence-corrected chi connectivity index (χ2v) is 5.30. The summed E-state index contributed by atoms with van der Waals surface area (Å²) < 4.78 is 0. The Morgan fingerprint density at radius 3 is 3.00 bits per heavy atom. The van der Waals surface area contributed by atoms with Crippen LogP contribution in [-0.2, 0) is 6.54 Å². The fourth-order valence-corrected chi connectivity index (χ4v) is 2.60. The summed E-state index contributed by atoms with van der Waals surface area (Å²) in [4.78, 5) is 12.4. The Morgan fingerprint density at radius 1 is 1.53 bits per heavy atom. The largest absolute Gasteiger partial charge is 0.348 e. The smallest absolute Gasteiger partial charge is 0.0925 e. The number of aryl methyl sites for hydroxylation is 1. The number of likely N-dealkylation sites (N-methyl/N-ethyl adjacent to an activating group) is 2. The maximum Gasteiger partial charge on any atom is 0.0925 e. The van der Waals surface area contributed by atoms with Gasteiger partial charge in [-0.3, -0.25) is 4.90 Å². The highest BCUT2D eigenvalue weighted by Gasteiger charge is 2.20. The van der Waals surface area contributed by atoms with Crippen LogP contribution in [0.1, 0.15) is 30.7 Å². The summed E-state index contributed by atoms with van der Waals surface area (Å²) in [6.45, 7) is 5.42. The van der Waals surface area contributed by atoms with E-state index in [9.17, 15) is 0 Å². The van der Waals surface area contributed by atoms with E-state index in [1.807, 2.05) is 0 Å². The zero-order chi connectivity index (χ0) is 12.3. The first-order valence-electron chi connectivity index (χ1n) is 6.54. The third-order valence-corrected chi connectivity index (χ3v) is 3.80. The Balaban J connectivity index is 1.84. The molecule has 4 nitrogen and oxygen atoms in total. The van der Waals surface area contributed by atoms with Crippen LogP contribution in [0.15, 0.2) is 6.33 Å². The first kappa shape index (κ1) is 12.6. The second-order valence-electron chi connectivity index (χ2n) is 5.30. The molecule has 1 N–H and O–H groups in total. The molecule has 4 heteroatoms. The van der Waals surface area contributed by atoms with Crippen molar-refractivity contribution in [2.75, 3.05) is 27.2 Å². The molecule has 0 saturated carbocycles. The number of hydrogen-bond acceptors (Lipinski definition) is 3. The molecule has 96 valence electrons. The summed E-state index contributed by atoms with van der Waals surface area (Å²) in [5, 5.41) is 0. The minimum atomic E-state index is 0.716. The topological polar surface area (TPSA) is 35.2 Å². The van der Waals surface area contributed by atoms with Gasteiger partial charge in [-0.15, -0.1) is 0 Å². The van der Waals surface area contributed by atoms with E-state index in [2.05, 4.69) is 40.8 Å². The van der Waals surface area contributed by atoms with Crippen LogP contribution in [0, 0.1) is 6.92 Å². The van der Waals surface area contributed by atoms with Crippen molar-refractivity contribution in [3.05, 3.63) is 17.7 Å². The van der Waals surface area contributed by atoms with Crippen LogP contribution >= 0.6 is 0 Å². The molecule has 0 aliphatic carbocycles. The standard InChI is InChI=1S/C13H24N4/c1-11-13(15-10-14-11)9-16(2)8-12-6-4-5-7-17(12)3/h10,12H,4-9H2,1-3H3,(H,14,15)/t12-/m1/s1. The van der Waals surface area contributed by atoms with Gasteiger partial charge in [0.2, 0.25) is 0 Å². The van der Waals surface area contributed by atoms with Crippen molar-refractivity contribution >= 4 is 0 Å². The molecular weight excluding hydrogens is 212 g/mol. The average Bonchev–Trinajstić information content (AvgIpc) is 2.68. The summed E-state index contributed by atoms with van der Waals surface area (Å²) in [6, 6.07) is 0.716. The van der Waals surface area contributed by atoms with Gasteiger partial charge in [-0.2, -0.15) is 0 Å². The minimum absolute atomic E-state index is 0.716. The molecule has 1 aromatic rings. The monoisotopic (exact) mass is 236 g/mol. The third-order valence-electron chi connectivity index (χ3n) is 3.80. The summed E-state index contributed by atoms with van der Waals surface area (Å²) >= 11 is 0. The number of nitrogens with one attached hydrogen (secondary N) is 1. The van der Waals surface area contributed by atoms with Crippen molar-refractivity contribution in [2.45, 2.75) is 38.8 Å². The zero-order valence-electron chi connectivity index (χ0n) is 11.2. The highest BCUT2D eigenvalue weighted by atomic mass is 15.2. The first-order chi connectivity index (χ1) is 8.16. The maximum atomic E-state index is 4.36. The molecule has 0 bridgehead atoms. The van der Waals surface area contributed by atoms with Crippen molar-refractivity contribution < 1.29 is 0 Å². The number of imidazole rings is 1. The van der Waals surface area contributed by atoms with Crippen LogP contribution in [0.5, 0.6) is 0 Å². The summed E-state index contributed by atoms with van der Waals surface area (Å²) in [5.74, 6) is 0. The van der Waals surface area contributed by atoms with E-state index in [1.165, 1.54) is 37.2 Å². The van der Waals surface area contributed by atoms with Crippen molar-refractivity contribution in [3.63, 3.8) is 0 Å². The van der Waals surface area contributed by atoms with Gasteiger partial charge in [-0.25, -0.2) is 4.98 Å². The Hall–Kier alpha value is -0.870. The summed E-state index contributed by atoms with van der Waals surface area (Å²) in [5.41, 5.74) is 2.36. The van der Waals surface area contributed by atoms with E-state index in [0.29, 0.717) is 6.04 Å². The minimum Gasteiger partial charge on any atom is -0.348 e. The summed E-state index contributed by atoms with van der Waals surface area (Å²) in [7, 11) is 4.44. The molecule has 0 radical (unpaired) electrons. The van der Waals surface area contributed by atoms with Crippen molar-refractivity contribution in [2.24, 2.45) is 0 Å². The molecule has 1 aliphatic heterocycles. The molecule has 2 heterocycles. The van der Waals surface area contributed by atoms with Gasteiger partial charge in [-0.05, 0) is 40.4 Å². The number of aromatic amines is 1. The van der Waals surface area contributed by atoms with Gasteiger partial charge in [0.25, 0.3) is 0 Å². The number of nitrogens with zero attached hydrogens (tertiary/aromatic N) is 3. The van der Waals surface area contributed by atoms with Gasteiger partial charge in [0.15, 0.2) is 0 Å². The third kappa shape index (κ3) is 3.30. The molecule has 1 saturated heterocycles. The number of rotatable bonds is 4. The van der Waals surface area contributed by atoms with E-state index in [4.69, 9.17) is 0 Å². The number of H-pyrrole nitrogens is 1. The van der Waals surface area contributed by atoms with Crippen LogP contribution in [0.2, 0.25) is 0 Å². The Kier molecular flexibility index (Phi) is 4.18. The van der Waals surface area contributed by atoms with E-state index in [-0.39, 0.29) is 0 Å². The lowest BCUT2D eigenvalue weighted by Crippen LogP contribution is -2.43. The van der Waals surface area contributed by atoms with E-state index >= 15 is 0 Å². The fourth-order valence-electron chi connectivity index (χ4n) is 2.60. The van der Waals surface area contributed by atoms with Crippen molar-refractivity contribution in [1.29, 1.82) is 0 Å². The predicted octanol–water partition coefficient (Wildman–Crippen LogP) is 1.63. The highest BCUT2D eigenvalue weighted by molar-refractivity contribution is 5.08. The number of aromatic nitrogens is 2. The van der Waals surface area contributed by atoms with Gasteiger partial charge < -0.3 is 9.88 Å². The molecular formula is C13H24N4. The van der Waals surface area contributed by atoms with Crippen LogP contribution in [0.25, 0.3) is 0 Å². The molecule has 1 aliphatic rings. The lowest BCUT2D eigenvalue weighted by Gasteiger charge is -2.35. The Morgan fingerprint density at radius 2 is 2.35 bits per heavy atom. The SMILES string of the molecule is Cc1[nH]cnc1CN(C)C[C@H]1CCCCN1C. The van der Waals surface area contributed by atoms with Gasteiger partial charge in [0.05, 0.1) is 12.0 Å². The van der Waals surface area contributed by atoms with Crippen LogP contribution in [-0.4, -0.2) is 53.0 Å². The van der Waals surface area contributed by atoms with Crippen molar-refractivity contribution in [1.82, 2.24) is 19.8 Å². The van der Waals surface area contributed by atoms with Crippen molar-refractivity contribution in [3.8, 4) is 0 Å². The van der Waals surface area contributed by atoms with Gasteiger partial charge in [0.1, 0.15) is 0 Å². The van der Waals surface area contributed by atoms with Gasteiger partial charge in [-0.1, -0.05) is 6.42 Å². The maximum absolute atomic E-state index is 4.36. The quantitative estimate of drug-likeness (QED) is 0.863. The molecule has 1 atom stereocenters. The van der Waals surface area contributed by atoms with Gasteiger partial charge in [0, 0.05) is 24.8 Å². The number of hydrogen-bond donors (Lipinski definition) is 1. The Labute approximate surface area is 104 Å². The average molecular weight is 236 g/mol. The normalized spacial score (nSPS) is 22.2. The van der Waals surface area contributed by atoms with Gasteiger partial charge >= 0.3 is 0 Å². The molecule has 0 aromatic carbocycles. The molecule has 1 aromatic heterocycles. The molecule has 1 fully saturated rings. The molecule has 0 spiro atoms. The van der Waals surface area contributed by atoms with Crippen LogP contribution in [0.4, 0.5) is 0 Å². The second kappa shape index (κ2) is 5.65. The number of piperidine rings is 1. The van der Waals surface area contributed by atoms with E-state index in [1.54, 1.807) is 6.33 Å². The first-order valence-corrected chi connectivity index (χ1v) is 6.54. The molecule has 2 rings (SSSR count). The van der Waals surface area contributed by atoms with Crippen LogP contribution < -0.4 is 0 Å². The Bertz CT molecular complexity index is 347. The fraction of sp³-hybridized carbons (Fsp3) is 0.769. The van der Waals surface area contributed by atoms with Crippen LogP contribution in [0.3, 0.4) is 0 Å². The van der Waals surface area contributed by atoms with E-state index < -0.39 is 0 Å². The highest BCUT2D eigenvalue weighted by Crippen LogP contribution is 2.16. The predicted molar refractivity (Wildman–Crippen MR) is 69.9 cm³/mol. The summed E-state index contributed by atoms with van der Waals surface area (Å²) in [6.07, 6.45) is 5.85. The number of likely N-dealkylation sites (tertiary alicyclic amines) is 1. The molecule has 0 unspecified atom stereocenters. The molecule has 0 amide bonds.